The van der Waals surface area contributed by atoms with E-state index in [1.54, 1.807) is 31.3 Å². The summed E-state index contributed by atoms with van der Waals surface area (Å²) in [6.45, 7) is 7.42. The molecule has 1 aliphatic rings. The Morgan fingerprint density at radius 2 is 1.94 bits per heavy atom. The lowest BCUT2D eigenvalue weighted by atomic mass is 10.1. The SMILES string of the molecule is C=CC=NC1=C(C)C(=CC)N(C)C(=O)N1C. The van der Waals surface area contributed by atoms with E-state index in [0.717, 1.165) is 11.3 Å². The maximum atomic E-state index is 11.9. The van der Waals surface area contributed by atoms with Crippen LogP contribution in [0.1, 0.15) is 13.8 Å². The second kappa shape index (κ2) is 4.79. The number of hydrogen-bond acceptors (Lipinski definition) is 2. The van der Waals surface area contributed by atoms with Crippen molar-refractivity contribution < 1.29 is 4.79 Å². The minimum absolute atomic E-state index is 0.0880. The smallest absolute Gasteiger partial charge is 0.297 e. The first-order valence-electron chi connectivity index (χ1n) is 5.08. The molecule has 1 aliphatic heterocycles. The quantitative estimate of drug-likeness (QED) is 0.657. The van der Waals surface area contributed by atoms with Gasteiger partial charge in [-0.3, -0.25) is 9.80 Å². The normalized spacial score (nSPS) is 20.2. The van der Waals surface area contributed by atoms with Crippen LogP contribution in [0.5, 0.6) is 0 Å². The number of nitrogens with zero attached hydrogens (tertiary/aromatic N) is 3. The lowest BCUT2D eigenvalue weighted by Gasteiger charge is -2.33. The Morgan fingerprint density at radius 1 is 1.31 bits per heavy atom. The number of aliphatic imine (C=N–C) groups is 1. The highest BCUT2D eigenvalue weighted by atomic mass is 16.2. The second-order valence-electron chi connectivity index (χ2n) is 3.54. The van der Waals surface area contributed by atoms with Gasteiger partial charge in [0.1, 0.15) is 5.82 Å². The van der Waals surface area contributed by atoms with Crippen molar-refractivity contribution in [2.45, 2.75) is 13.8 Å². The van der Waals surface area contributed by atoms with E-state index >= 15 is 0 Å². The molecule has 0 fully saturated rings. The maximum absolute atomic E-state index is 11.9. The summed E-state index contributed by atoms with van der Waals surface area (Å²) in [5.41, 5.74) is 1.87. The first-order chi connectivity index (χ1) is 7.54. The Balaban J connectivity index is 3.30. The zero-order valence-corrected chi connectivity index (χ0v) is 10.2. The number of amides is 2. The average molecular weight is 219 g/mol. The molecule has 0 N–H and O–H groups in total. The zero-order valence-electron chi connectivity index (χ0n) is 10.2. The number of allylic oxidation sites excluding steroid dienone is 3. The Bertz CT molecular complexity index is 404. The van der Waals surface area contributed by atoms with Crippen molar-refractivity contribution in [2.24, 2.45) is 4.99 Å². The van der Waals surface area contributed by atoms with Gasteiger partial charge >= 0.3 is 6.03 Å². The van der Waals surface area contributed by atoms with Crippen LogP contribution in [-0.4, -0.2) is 36.1 Å². The van der Waals surface area contributed by atoms with Gasteiger partial charge in [0.15, 0.2) is 0 Å². The van der Waals surface area contributed by atoms with Crippen LogP contribution in [0.3, 0.4) is 0 Å². The molecule has 1 heterocycles. The molecule has 0 radical (unpaired) electrons. The van der Waals surface area contributed by atoms with Gasteiger partial charge in [-0.2, -0.15) is 0 Å². The molecule has 1 rings (SSSR count). The van der Waals surface area contributed by atoms with Crippen LogP contribution in [0.2, 0.25) is 0 Å². The van der Waals surface area contributed by atoms with Gasteiger partial charge in [-0.15, -0.1) is 0 Å². The van der Waals surface area contributed by atoms with Crippen LogP contribution in [0.15, 0.2) is 40.8 Å². The number of hydrogen-bond donors (Lipinski definition) is 0. The molecule has 0 aromatic heterocycles. The molecule has 0 aliphatic carbocycles. The van der Waals surface area contributed by atoms with E-state index < -0.39 is 0 Å². The van der Waals surface area contributed by atoms with Crippen LogP contribution in [0, 0.1) is 0 Å². The third kappa shape index (κ3) is 1.91. The van der Waals surface area contributed by atoms with Gasteiger partial charge < -0.3 is 0 Å². The summed E-state index contributed by atoms with van der Waals surface area (Å²) < 4.78 is 0. The van der Waals surface area contributed by atoms with Gasteiger partial charge in [-0.05, 0) is 13.8 Å². The minimum Gasteiger partial charge on any atom is -0.297 e. The highest BCUT2D eigenvalue weighted by Gasteiger charge is 2.28. The number of carbonyl (C=O) groups excluding carboxylic acids is 1. The van der Waals surface area contributed by atoms with Crippen LogP contribution in [-0.2, 0) is 0 Å². The Morgan fingerprint density at radius 3 is 2.44 bits per heavy atom. The average Bonchev–Trinajstić information content (AvgIpc) is 2.27. The largest absolute Gasteiger partial charge is 0.329 e. The Hall–Kier alpha value is -1.84. The zero-order chi connectivity index (χ0) is 12.3. The van der Waals surface area contributed by atoms with Crippen molar-refractivity contribution in [3.05, 3.63) is 35.8 Å². The molecule has 0 aromatic carbocycles. The van der Waals surface area contributed by atoms with Gasteiger partial charge in [-0.1, -0.05) is 18.7 Å². The standard InChI is InChI=1S/C12H17N3O/c1-6-8-13-11-9(3)10(7-2)14(4)12(16)15(11)5/h6-8H,1H2,2-5H3. The Labute approximate surface area is 96.3 Å². The topological polar surface area (TPSA) is 35.9 Å². The molecule has 0 aromatic rings. The van der Waals surface area contributed by atoms with Gasteiger partial charge in [0.2, 0.25) is 0 Å². The lowest BCUT2D eigenvalue weighted by Crippen LogP contribution is -2.42. The summed E-state index contributed by atoms with van der Waals surface area (Å²) in [5, 5.41) is 0. The fourth-order valence-electron chi connectivity index (χ4n) is 1.75. The molecular formula is C12H17N3O. The first-order valence-corrected chi connectivity index (χ1v) is 5.08. The van der Waals surface area contributed by atoms with Crippen molar-refractivity contribution in [3.63, 3.8) is 0 Å². The minimum atomic E-state index is -0.0880. The van der Waals surface area contributed by atoms with Crippen molar-refractivity contribution in [3.8, 4) is 0 Å². The Kier molecular flexibility index (Phi) is 3.66. The summed E-state index contributed by atoms with van der Waals surface area (Å²) in [5.74, 6) is 0.663. The highest BCUT2D eigenvalue weighted by molar-refractivity contribution is 5.82. The molecule has 4 nitrogen and oxygen atoms in total. The maximum Gasteiger partial charge on any atom is 0.329 e. The number of urea groups is 1. The number of carbonyl (C=O) groups is 1. The predicted molar refractivity (Wildman–Crippen MR) is 66.1 cm³/mol. The van der Waals surface area contributed by atoms with Gasteiger partial charge in [0.25, 0.3) is 0 Å². The highest BCUT2D eigenvalue weighted by Crippen LogP contribution is 2.27. The van der Waals surface area contributed by atoms with Crippen molar-refractivity contribution >= 4 is 12.2 Å². The second-order valence-corrected chi connectivity index (χ2v) is 3.54. The third-order valence-corrected chi connectivity index (χ3v) is 2.55. The van der Waals surface area contributed by atoms with Crippen LogP contribution >= 0.6 is 0 Å². The van der Waals surface area contributed by atoms with E-state index in [1.807, 2.05) is 19.9 Å². The molecule has 86 valence electrons. The predicted octanol–water partition coefficient (Wildman–Crippen LogP) is 2.38. The number of rotatable bonds is 2. The van der Waals surface area contributed by atoms with E-state index in [4.69, 9.17) is 0 Å². The van der Waals surface area contributed by atoms with E-state index in [2.05, 4.69) is 11.6 Å². The van der Waals surface area contributed by atoms with Crippen LogP contribution in [0.4, 0.5) is 4.79 Å². The fraction of sp³-hybridized carbons (Fsp3) is 0.333. The van der Waals surface area contributed by atoms with E-state index in [1.165, 1.54) is 4.90 Å². The summed E-state index contributed by atoms with van der Waals surface area (Å²) in [6.07, 6.45) is 5.08. The summed E-state index contributed by atoms with van der Waals surface area (Å²) in [4.78, 5) is 19.3. The van der Waals surface area contributed by atoms with Crippen LogP contribution < -0.4 is 0 Å². The molecule has 0 atom stereocenters. The van der Waals surface area contributed by atoms with Crippen molar-refractivity contribution in [2.75, 3.05) is 14.1 Å². The van der Waals surface area contributed by atoms with Gasteiger partial charge in [0.05, 0.1) is 0 Å². The molecule has 0 saturated carbocycles. The van der Waals surface area contributed by atoms with Crippen molar-refractivity contribution in [1.82, 2.24) is 9.80 Å². The van der Waals surface area contributed by atoms with E-state index in [9.17, 15) is 4.79 Å². The molecule has 4 heteroatoms. The molecule has 0 unspecified atom stereocenters. The summed E-state index contributed by atoms with van der Waals surface area (Å²) in [7, 11) is 3.47. The molecule has 0 spiro atoms. The van der Waals surface area contributed by atoms with Crippen molar-refractivity contribution in [1.29, 1.82) is 0 Å². The molecule has 0 saturated heterocycles. The van der Waals surface area contributed by atoms with Gasteiger partial charge in [0, 0.05) is 31.6 Å². The first kappa shape index (κ1) is 12.2. The third-order valence-electron chi connectivity index (χ3n) is 2.55. The number of likely N-dealkylation sites (N-methyl/N-ethyl adjacent to an activating group) is 1. The molecular weight excluding hydrogens is 202 g/mol. The fourth-order valence-corrected chi connectivity index (χ4v) is 1.75. The molecule has 2 amide bonds. The summed E-state index contributed by atoms with van der Waals surface area (Å²) >= 11 is 0. The molecule has 0 bridgehead atoms. The van der Waals surface area contributed by atoms with E-state index in [0.29, 0.717) is 5.82 Å². The monoisotopic (exact) mass is 219 g/mol. The van der Waals surface area contributed by atoms with Gasteiger partial charge in [-0.25, -0.2) is 9.79 Å². The summed E-state index contributed by atoms with van der Waals surface area (Å²) in [6, 6.07) is -0.0880. The molecule has 16 heavy (non-hydrogen) atoms. The van der Waals surface area contributed by atoms with Crippen LogP contribution in [0.25, 0.3) is 0 Å². The lowest BCUT2D eigenvalue weighted by molar-refractivity contribution is 0.189. The van der Waals surface area contributed by atoms with E-state index in [-0.39, 0.29) is 6.03 Å².